The Hall–Kier alpha value is -1.44. The molecule has 2 amide bonds. The summed E-state index contributed by atoms with van der Waals surface area (Å²) in [6.45, 7) is 2.70. The number of methoxy groups -OCH3 is 1. The molecule has 0 saturated carbocycles. The first kappa shape index (κ1) is 20.3. The number of piperidine rings is 1. The monoisotopic (exact) mass is 411 g/mol. The third kappa shape index (κ3) is 5.53. The van der Waals surface area contributed by atoms with Crippen molar-refractivity contribution in [2.45, 2.75) is 25.3 Å². The first-order valence-electron chi connectivity index (χ1n) is 9.31. The van der Waals surface area contributed by atoms with Crippen LogP contribution in [0.2, 0.25) is 5.02 Å². The summed E-state index contributed by atoms with van der Waals surface area (Å²) in [4.78, 5) is 26.9. The summed E-state index contributed by atoms with van der Waals surface area (Å²) in [5, 5.41) is 5.78. The predicted octanol–water partition coefficient (Wildman–Crippen LogP) is 2.62. The highest BCUT2D eigenvalue weighted by Crippen LogP contribution is 2.28. The predicted molar refractivity (Wildman–Crippen MR) is 110 cm³/mol. The number of anilines is 1. The van der Waals surface area contributed by atoms with Crippen LogP contribution in [0.1, 0.15) is 19.3 Å². The number of hydrogen-bond donors (Lipinski definition) is 2. The largest absolute Gasteiger partial charge is 0.495 e. The Morgan fingerprint density at radius 1 is 1.26 bits per heavy atom. The second-order valence-electron chi connectivity index (χ2n) is 7.01. The van der Waals surface area contributed by atoms with Crippen LogP contribution in [0.15, 0.2) is 18.2 Å². The van der Waals surface area contributed by atoms with Crippen molar-refractivity contribution in [3.63, 3.8) is 0 Å². The molecule has 0 unspecified atom stereocenters. The van der Waals surface area contributed by atoms with Gasteiger partial charge in [0.05, 0.1) is 12.8 Å². The van der Waals surface area contributed by atoms with E-state index < -0.39 is 11.8 Å². The molecule has 3 rings (SSSR count). The molecule has 1 aromatic rings. The van der Waals surface area contributed by atoms with Crippen molar-refractivity contribution in [3.8, 4) is 5.75 Å². The molecule has 0 radical (unpaired) electrons. The van der Waals surface area contributed by atoms with Crippen LogP contribution in [0.25, 0.3) is 0 Å². The van der Waals surface area contributed by atoms with Crippen molar-refractivity contribution in [3.05, 3.63) is 23.2 Å². The van der Waals surface area contributed by atoms with Crippen LogP contribution in [0.3, 0.4) is 0 Å². The van der Waals surface area contributed by atoms with E-state index in [1.54, 1.807) is 18.2 Å². The van der Waals surface area contributed by atoms with Crippen LogP contribution in [-0.2, 0) is 9.59 Å². The molecule has 0 aromatic heterocycles. The number of likely N-dealkylation sites (tertiary alicyclic amines) is 1. The lowest BCUT2D eigenvalue weighted by atomic mass is 9.95. The Kier molecular flexibility index (Phi) is 7.26. The third-order valence-corrected chi connectivity index (χ3v) is 6.62. The summed E-state index contributed by atoms with van der Waals surface area (Å²) in [6.07, 6.45) is 3.41. The molecule has 2 heterocycles. The Morgan fingerprint density at radius 3 is 2.70 bits per heavy atom. The summed E-state index contributed by atoms with van der Waals surface area (Å²) < 4.78 is 5.18. The molecule has 1 atom stereocenters. The maximum absolute atomic E-state index is 12.2. The van der Waals surface area contributed by atoms with Crippen molar-refractivity contribution >= 4 is 40.9 Å². The Balaban J connectivity index is 1.43. The van der Waals surface area contributed by atoms with Gasteiger partial charge in [-0.15, -0.1) is 0 Å². The molecule has 1 aromatic carbocycles. The lowest BCUT2D eigenvalue weighted by Gasteiger charge is -2.35. The molecular formula is C19H26ClN3O3S. The Bertz CT molecular complexity index is 674. The molecule has 0 spiro atoms. The van der Waals surface area contributed by atoms with Gasteiger partial charge in [0.25, 0.3) is 0 Å². The van der Waals surface area contributed by atoms with E-state index in [1.807, 2.05) is 11.8 Å². The van der Waals surface area contributed by atoms with Gasteiger partial charge in [-0.2, -0.15) is 11.8 Å². The van der Waals surface area contributed by atoms with Gasteiger partial charge >= 0.3 is 11.8 Å². The minimum absolute atomic E-state index is 0.382. The first-order chi connectivity index (χ1) is 13.1. The van der Waals surface area contributed by atoms with Gasteiger partial charge in [-0.25, -0.2) is 0 Å². The van der Waals surface area contributed by atoms with Crippen LogP contribution in [0.5, 0.6) is 5.75 Å². The molecular weight excluding hydrogens is 386 g/mol. The van der Waals surface area contributed by atoms with E-state index in [9.17, 15) is 9.59 Å². The lowest BCUT2D eigenvalue weighted by molar-refractivity contribution is -0.136. The summed E-state index contributed by atoms with van der Waals surface area (Å²) in [5.41, 5.74) is 0.382. The maximum atomic E-state index is 12.2. The van der Waals surface area contributed by atoms with Gasteiger partial charge in [0, 0.05) is 23.4 Å². The molecule has 2 fully saturated rings. The first-order valence-corrected chi connectivity index (χ1v) is 10.8. The standard InChI is InChI=1S/C19H26ClN3O3S/c1-26-17-3-2-14(20)10-16(17)22-19(25)18(24)21-11-13-4-7-23(8-5-13)15-6-9-27-12-15/h2-3,10,13,15H,4-9,11-12H2,1H3,(H,21,24)(H,22,25)/t15-/m0/s1. The number of thioether (sulfide) groups is 1. The summed E-state index contributed by atoms with van der Waals surface area (Å²) >= 11 is 7.98. The van der Waals surface area contributed by atoms with E-state index in [0.717, 1.165) is 32.0 Å². The highest BCUT2D eigenvalue weighted by Gasteiger charge is 2.28. The summed E-state index contributed by atoms with van der Waals surface area (Å²) in [7, 11) is 1.50. The fourth-order valence-electron chi connectivity index (χ4n) is 3.61. The Morgan fingerprint density at radius 2 is 2.04 bits per heavy atom. The summed E-state index contributed by atoms with van der Waals surface area (Å²) in [6, 6.07) is 5.59. The zero-order valence-corrected chi connectivity index (χ0v) is 17.1. The van der Waals surface area contributed by atoms with E-state index >= 15 is 0 Å². The van der Waals surface area contributed by atoms with Gasteiger partial charge in [0.15, 0.2) is 0 Å². The smallest absolute Gasteiger partial charge is 0.313 e. The quantitative estimate of drug-likeness (QED) is 0.729. The van der Waals surface area contributed by atoms with E-state index in [2.05, 4.69) is 15.5 Å². The molecule has 2 saturated heterocycles. The molecule has 2 aliphatic rings. The molecule has 148 valence electrons. The van der Waals surface area contributed by atoms with Gasteiger partial charge in [-0.1, -0.05) is 11.6 Å². The van der Waals surface area contributed by atoms with Gasteiger partial charge in [-0.05, 0) is 62.2 Å². The molecule has 0 bridgehead atoms. The average Bonchev–Trinajstić information content (AvgIpc) is 3.21. The van der Waals surface area contributed by atoms with Gasteiger partial charge in [0.1, 0.15) is 5.75 Å². The van der Waals surface area contributed by atoms with Gasteiger partial charge in [-0.3, -0.25) is 14.5 Å². The third-order valence-electron chi connectivity index (χ3n) is 5.24. The number of amides is 2. The van der Waals surface area contributed by atoms with E-state index in [0.29, 0.717) is 28.9 Å². The number of nitrogens with zero attached hydrogens (tertiary/aromatic N) is 1. The number of carbonyl (C=O) groups is 2. The molecule has 27 heavy (non-hydrogen) atoms. The molecule has 2 aliphatic heterocycles. The fourth-order valence-corrected chi connectivity index (χ4v) is 5.03. The van der Waals surface area contributed by atoms with Crippen LogP contribution in [0, 0.1) is 5.92 Å². The van der Waals surface area contributed by atoms with Crippen molar-refractivity contribution in [2.75, 3.05) is 43.6 Å². The van der Waals surface area contributed by atoms with E-state index in [1.165, 1.54) is 25.0 Å². The van der Waals surface area contributed by atoms with E-state index in [4.69, 9.17) is 16.3 Å². The number of rotatable bonds is 5. The SMILES string of the molecule is COc1ccc(Cl)cc1NC(=O)C(=O)NCC1CCN([C@H]2CCSC2)CC1. The number of halogens is 1. The number of nitrogens with one attached hydrogen (secondary N) is 2. The van der Waals surface area contributed by atoms with Gasteiger partial charge in [0.2, 0.25) is 0 Å². The number of carbonyl (C=O) groups excluding carboxylic acids is 2. The van der Waals surface area contributed by atoms with Crippen LogP contribution in [-0.4, -0.2) is 61.0 Å². The second kappa shape index (κ2) is 9.66. The number of ether oxygens (including phenoxy) is 1. The van der Waals surface area contributed by atoms with Crippen LogP contribution < -0.4 is 15.4 Å². The molecule has 8 heteroatoms. The minimum Gasteiger partial charge on any atom is -0.495 e. The molecule has 0 aliphatic carbocycles. The summed E-state index contributed by atoms with van der Waals surface area (Å²) in [5.74, 6) is 2.05. The molecule has 6 nitrogen and oxygen atoms in total. The lowest BCUT2D eigenvalue weighted by Crippen LogP contribution is -2.45. The van der Waals surface area contributed by atoms with Crippen molar-refractivity contribution in [2.24, 2.45) is 5.92 Å². The van der Waals surface area contributed by atoms with Crippen LogP contribution >= 0.6 is 23.4 Å². The minimum atomic E-state index is -0.712. The highest BCUT2D eigenvalue weighted by molar-refractivity contribution is 7.99. The maximum Gasteiger partial charge on any atom is 0.313 e. The zero-order valence-electron chi connectivity index (χ0n) is 15.5. The fraction of sp³-hybridized carbons (Fsp3) is 0.579. The number of hydrogen-bond acceptors (Lipinski definition) is 5. The van der Waals surface area contributed by atoms with E-state index in [-0.39, 0.29) is 0 Å². The van der Waals surface area contributed by atoms with Crippen molar-refractivity contribution in [1.29, 1.82) is 0 Å². The van der Waals surface area contributed by atoms with Gasteiger partial charge < -0.3 is 15.4 Å². The highest BCUT2D eigenvalue weighted by atomic mass is 35.5. The zero-order chi connectivity index (χ0) is 19.2. The van der Waals surface area contributed by atoms with Crippen molar-refractivity contribution < 1.29 is 14.3 Å². The van der Waals surface area contributed by atoms with Crippen molar-refractivity contribution in [1.82, 2.24) is 10.2 Å². The second-order valence-corrected chi connectivity index (χ2v) is 8.59. The normalized spacial score (nSPS) is 21.0. The molecule has 2 N–H and O–H groups in total. The van der Waals surface area contributed by atoms with Crippen LogP contribution in [0.4, 0.5) is 5.69 Å². The average molecular weight is 412 g/mol. The topological polar surface area (TPSA) is 70.7 Å². The Labute approximate surface area is 169 Å². The number of benzene rings is 1.